The second-order valence-electron chi connectivity index (χ2n) is 4.55. The zero-order valence-corrected chi connectivity index (χ0v) is 11.6. The molecule has 1 aliphatic heterocycles. The van der Waals surface area contributed by atoms with Crippen molar-refractivity contribution in [3.05, 3.63) is 29.3 Å². The van der Waals surface area contributed by atoms with E-state index in [1.807, 2.05) is 18.2 Å². The Kier molecular flexibility index (Phi) is 5.50. The van der Waals surface area contributed by atoms with E-state index in [0.717, 1.165) is 24.2 Å². The van der Waals surface area contributed by atoms with Crippen LogP contribution in [0.25, 0.3) is 0 Å². The zero-order valence-electron chi connectivity index (χ0n) is 10.8. The number of anilines is 1. The lowest BCUT2D eigenvalue weighted by molar-refractivity contribution is -0.146. The van der Waals surface area contributed by atoms with Gasteiger partial charge in [-0.05, 0) is 24.1 Å². The normalized spacial score (nSPS) is 13.9. The van der Waals surface area contributed by atoms with Gasteiger partial charge >= 0.3 is 6.18 Å². The topological polar surface area (TPSA) is 15.3 Å². The Labute approximate surface area is 117 Å². The monoisotopic (exact) mass is 294 g/mol. The molecule has 1 heterocycles. The lowest BCUT2D eigenvalue weighted by atomic mass is 10.1. The van der Waals surface area contributed by atoms with E-state index < -0.39 is 12.7 Å². The van der Waals surface area contributed by atoms with E-state index in [1.165, 1.54) is 10.5 Å². The van der Waals surface area contributed by atoms with Crippen LogP contribution in [0.15, 0.2) is 18.2 Å². The quantitative estimate of drug-likeness (QED) is 0.915. The third-order valence-corrected chi connectivity index (χ3v) is 3.18. The Morgan fingerprint density at radius 2 is 2.05 bits per heavy atom. The van der Waals surface area contributed by atoms with Gasteiger partial charge in [0.2, 0.25) is 0 Å². The van der Waals surface area contributed by atoms with Gasteiger partial charge in [-0.1, -0.05) is 25.1 Å². The fraction of sp³-hybridized carbons (Fsp3) is 0.538. The minimum absolute atomic E-state index is 0. The molecule has 0 atom stereocenters. The average molecular weight is 295 g/mol. The van der Waals surface area contributed by atoms with Gasteiger partial charge in [0.05, 0.1) is 6.54 Å². The van der Waals surface area contributed by atoms with Crippen LogP contribution in [0.5, 0.6) is 0 Å². The fourth-order valence-corrected chi connectivity index (χ4v) is 2.32. The Morgan fingerprint density at radius 3 is 2.68 bits per heavy atom. The molecule has 1 aromatic rings. The fourth-order valence-electron chi connectivity index (χ4n) is 2.32. The van der Waals surface area contributed by atoms with Crippen molar-refractivity contribution in [2.24, 2.45) is 0 Å². The molecule has 0 unspecified atom stereocenters. The first-order chi connectivity index (χ1) is 8.49. The van der Waals surface area contributed by atoms with Crippen LogP contribution < -0.4 is 5.32 Å². The van der Waals surface area contributed by atoms with Crippen LogP contribution in [-0.2, 0) is 13.0 Å². The first kappa shape index (κ1) is 16.1. The lowest BCUT2D eigenvalue weighted by Gasteiger charge is -2.23. The molecule has 0 spiro atoms. The molecule has 108 valence electrons. The van der Waals surface area contributed by atoms with Gasteiger partial charge in [0.1, 0.15) is 0 Å². The van der Waals surface area contributed by atoms with Crippen molar-refractivity contribution in [1.82, 2.24) is 4.90 Å². The van der Waals surface area contributed by atoms with Crippen molar-refractivity contribution in [3.8, 4) is 0 Å². The third-order valence-electron chi connectivity index (χ3n) is 3.18. The molecule has 6 heteroatoms. The largest absolute Gasteiger partial charge is 0.401 e. The van der Waals surface area contributed by atoms with E-state index >= 15 is 0 Å². The third kappa shape index (κ3) is 4.28. The Hall–Kier alpha value is -0.940. The number of nitrogens with zero attached hydrogens (tertiary/aromatic N) is 1. The summed E-state index contributed by atoms with van der Waals surface area (Å²) >= 11 is 0. The van der Waals surface area contributed by atoms with E-state index in [9.17, 15) is 13.2 Å². The van der Waals surface area contributed by atoms with Crippen LogP contribution >= 0.6 is 12.4 Å². The Morgan fingerprint density at radius 1 is 1.32 bits per heavy atom. The van der Waals surface area contributed by atoms with Crippen molar-refractivity contribution in [3.63, 3.8) is 0 Å². The van der Waals surface area contributed by atoms with E-state index in [4.69, 9.17) is 0 Å². The predicted octanol–water partition coefficient (Wildman–Crippen LogP) is 3.46. The molecule has 1 aliphatic rings. The Balaban J connectivity index is 0.00000180. The molecule has 0 saturated heterocycles. The summed E-state index contributed by atoms with van der Waals surface area (Å²) in [6, 6.07) is 5.84. The highest BCUT2D eigenvalue weighted by atomic mass is 35.5. The molecule has 0 saturated carbocycles. The smallest absolute Gasteiger partial charge is 0.384 e. The van der Waals surface area contributed by atoms with Gasteiger partial charge in [-0.2, -0.15) is 13.2 Å². The van der Waals surface area contributed by atoms with Crippen LogP contribution in [0.4, 0.5) is 18.9 Å². The van der Waals surface area contributed by atoms with Crippen molar-refractivity contribution >= 4 is 18.1 Å². The van der Waals surface area contributed by atoms with Crippen LogP contribution in [0.2, 0.25) is 0 Å². The maximum atomic E-state index is 12.4. The maximum absolute atomic E-state index is 12.4. The number of benzene rings is 1. The van der Waals surface area contributed by atoms with Crippen molar-refractivity contribution < 1.29 is 13.2 Å². The van der Waals surface area contributed by atoms with E-state index in [0.29, 0.717) is 13.1 Å². The molecule has 0 radical (unpaired) electrons. The molecule has 2 rings (SSSR count). The number of rotatable bonds is 4. The van der Waals surface area contributed by atoms with Gasteiger partial charge in [-0.15, -0.1) is 12.4 Å². The van der Waals surface area contributed by atoms with Gasteiger partial charge in [0, 0.05) is 18.8 Å². The molecule has 0 aromatic heterocycles. The maximum Gasteiger partial charge on any atom is 0.401 e. The highest BCUT2D eigenvalue weighted by molar-refractivity contribution is 5.85. The van der Waals surface area contributed by atoms with Crippen LogP contribution in [-0.4, -0.2) is 30.7 Å². The number of para-hydroxylation sites is 1. The summed E-state index contributed by atoms with van der Waals surface area (Å²) in [5.41, 5.74) is 3.18. The highest BCUT2D eigenvalue weighted by Crippen LogP contribution is 2.28. The number of alkyl halides is 3. The zero-order chi connectivity index (χ0) is 13.2. The molecule has 0 bridgehead atoms. The number of hydrogen-bond donors (Lipinski definition) is 1. The van der Waals surface area contributed by atoms with Gasteiger partial charge in [0.15, 0.2) is 0 Å². The number of nitrogens with one attached hydrogen (secondary N) is 1. The molecule has 0 aliphatic carbocycles. The summed E-state index contributed by atoms with van der Waals surface area (Å²) in [7, 11) is 0. The Bertz CT molecular complexity index is 421. The molecule has 1 N–H and O–H groups in total. The molecule has 2 nitrogen and oxygen atoms in total. The lowest BCUT2D eigenvalue weighted by Crippen LogP contribution is -2.33. The summed E-state index contributed by atoms with van der Waals surface area (Å²) in [6.45, 7) is 2.50. The SMILES string of the molecule is CCN(Cc1cccc2c1NCC2)CC(F)(F)F.Cl. The summed E-state index contributed by atoms with van der Waals surface area (Å²) in [6.07, 6.45) is -3.18. The van der Waals surface area contributed by atoms with Crippen molar-refractivity contribution in [2.45, 2.75) is 26.1 Å². The first-order valence-electron chi connectivity index (χ1n) is 6.13. The molecule has 0 amide bonds. The van der Waals surface area contributed by atoms with Crippen molar-refractivity contribution in [1.29, 1.82) is 0 Å². The van der Waals surface area contributed by atoms with Gasteiger partial charge < -0.3 is 5.32 Å². The van der Waals surface area contributed by atoms with E-state index in [-0.39, 0.29) is 12.4 Å². The number of hydrogen-bond acceptors (Lipinski definition) is 2. The van der Waals surface area contributed by atoms with Gasteiger partial charge in [0.25, 0.3) is 0 Å². The second kappa shape index (κ2) is 6.48. The number of halogens is 4. The molecular formula is C13H18ClF3N2. The van der Waals surface area contributed by atoms with Crippen molar-refractivity contribution in [2.75, 3.05) is 25.0 Å². The standard InChI is InChI=1S/C13H17F3N2.ClH/c1-2-18(9-13(14,15)16)8-11-5-3-4-10-6-7-17-12(10)11;/h3-5,17H,2,6-9H2,1H3;1H. The molecule has 19 heavy (non-hydrogen) atoms. The minimum Gasteiger partial charge on any atom is -0.384 e. The average Bonchev–Trinajstić information content (AvgIpc) is 2.75. The second-order valence-corrected chi connectivity index (χ2v) is 4.55. The van der Waals surface area contributed by atoms with Gasteiger partial charge in [-0.3, -0.25) is 4.90 Å². The van der Waals surface area contributed by atoms with E-state index in [2.05, 4.69) is 5.32 Å². The van der Waals surface area contributed by atoms with Crippen LogP contribution in [0.1, 0.15) is 18.1 Å². The molecular weight excluding hydrogens is 277 g/mol. The summed E-state index contributed by atoms with van der Waals surface area (Å²) < 4.78 is 37.2. The van der Waals surface area contributed by atoms with E-state index in [1.54, 1.807) is 6.92 Å². The summed E-state index contributed by atoms with van der Waals surface area (Å²) in [5, 5.41) is 3.25. The summed E-state index contributed by atoms with van der Waals surface area (Å²) in [4.78, 5) is 1.41. The molecule has 1 aromatic carbocycles. The summed E-state index contributed by atoms with van der Waals surface area (Å²) in [5.74, 6) is 0. The van der Waals surface area contributed by atoms with Crippen LogP contribution in [0.3, 0.4) is 0 Å². The van der Waals surface area contributed by atoms with Crippen LogP contribution in [0, 0.1) is 0 Å². The highest BCUT2D eigenvalue weighted by Gasteiger charge is 2.30. The molecule has 0 fully saturated rings. The predicted molar refractivity (Wildman–Crippen MR) is 72.9 cm³/mol. The first-order valence-corrected chi connectivity index (χ1v) is 6.13. The minimum atomic E-state index is -4.14. The van der Waals surface area contributed by atoms with Gasteiger partial charge in [-0.25, -0.2) is 0 Å². The number of fused-ring (bicyclic) bond motifs is 1.